The number of amides is 1. The number of nitriles is 1. The third kappa shape index (κ3) is 11.6. The van der Waals surface area contributed by atoms with Gasteiger partial charge in [0, 0.05) is 25.3 Å². The number of carboxylic acids is 1. The van der Waals surface area contributed by atoms with Crippen LogP contribution in [0.3, 0.4) is 0 Å². The fourth-order valence-electron chi connectivity index (χ4n) is 5.97. The minimum Gasteiger partial charge on any atom is -0.490 e. The molecule has 0 spiro atoms. The SMILES string of the molecule is CC[C@@H]1C[C@H](Nc2ncc(OCCCC#N)c(Cc3cc(C(F)(F)F)cc(C(F)(F)F)c3)n2)c2cc(C(F)(F)F)ccc2N1C(=O)OCCCCCC(=O)O. The van der Waals surface area contributed by atoms with Crippen molar-refractivity contribution >= 4 is 23.7 Å². The Kier molecular flexibility index (Phi) is 13.8. The first kappa shape index (κ1) is 42.5. The average Bonchev–Trinajstić information content (AvgIpc) is 3.10. The number of hydrogen-bond donors (Lipinski definition) is 2. The highest BCUT2D eigenvalue weighted by Gasteiger charge is 2.40. The number of nitrogens with one attached hydrogen (secondary N) is 1. The molecule has 2 N–H and O–H groups in total. The normalized spacial score (nSPS) is 15.9. The van der Waals surface area contributed by atoms with Crippen LogP contribution in [0, 0.1) is 11.3 Å². The van der Waals surface area contributed by atoms with Gasteiger partial charge in [-0.2, -0.15) is 44.8 Å². The molecule has 1 aliphatic rings. The average molecular weight is 790 g/mol. The first-order chi connectivity index (χ1) is 25.8. The third-order valence-electron chi connectivity index (χ3n) is 8.63. The molecule has 0 radical (unpaired) electrons. The van der Waals surface area contributed by atoms with Gasteiger partial charge in [-0.3, -0.25) is 9.69 Å². The molecule has 3 aromatic rings. The maximum absolute atomic E-state index is 13.9. The minimum atomic E-state index is -5.12. The number of ether oxygens (including phenoxy) is 2. The monoisotopic (exact) mass is 789 g/mol. The van der Waals surface area contributed by atoms with E-state index in [4.69, 9.17) is 19.8 Å². The molecule has 0 fully saturated rings. The Morgan fingerprint density at radius 3 is 2.20 bits per heavy atom. The molecule has 2 aromatic carbocycles. The van der Waals surface area contributed by atoms with E-state index < -0.39 is 71.3 Å². The van der Waals surface area contributed by atoms with Gasteiger partial charge in [0.2, 0.25) is 5.95 Å². The van der Waals surface area contributed by atoms with Gasteiger partial charge in [0.15, 0.2) is 5.75 Å². The molecular weight excluding hydrogens is 753 g/mol. The number of hydrogen-bond acceptors (Lipinski definition) is 8. The lowest BCUT2D eigenvalue weighted by molar-refractivity contribution is -0.143. The molecule has 4 rings (SSSR count). The van der Waals surface area contributed by atoms with Gasteiger partial charge in [0.05, 0.1) is 59.6 Å². The van der Waals surface area contributed by atoms with Crippen molar-refractivity contribution in [3.05, 3.63) is 76.1 Å². The second-order valence-corrected chi connectivity index (χ2v) is 12.7. The summed E-state index contributed by atoms with van der Waals surface area (Å²) in [5.74, 6) is -1.33. The molecule has 2 heterocycles. The summed E-state index contributed by atoms with van der Waals surface area (Å²) >= 11 is 0. The van der Waals surface area contributed by atoms with E-state index in [2.05, 4.69) is 15.3 Å². The van der Waals surface area contributed by atoms with Crippen molar-refractivity contribution in [2.45, 2.75) is 95.3 Å². The largest absolute Gasteiger partial charge is 0.490 e. The zero-order valence-corrected chi connectivity index (χ0v) is 29.2. The second kappa shape index (κ2) is 17.9. The van der Waals surface area contributed by atoms with E-state index in [0.717, 1.165) is 24.4 Å². The van der Waals surface area contributed by atoms with Crippen LogP contribution in [0.5, 0.6) is 5.75 Å². The molecule has 1 amide bonds. The first-order valence-corrected chi connectivity index (χ1v) is 17.1. The molecule has 0 aliphatic carbocycles. The molecule has 1 aliphatic heterocycles. The zero-order chi connectivity index (χ0) is 40.6. The Morgan fingerprint density at radius 1 is 0.927 bits per heavy atom. The van der Waals surface area contributed by atoms with Crippen molar-refractivity contribution in [1.82, 2.24) is 9.97 Å². The maximum atomic E-state index is 13.9. The molecule has 55 heavy (non-hydrogen) atoms. The molecule has 19 heteroatoms. The second-order valence-electron chi connectivity index (χ2n) is 12.7. The fourth-order valence-corrected chi connectivity index (χ4v) is 5.97. The molecule has 2 atom stereocenters. The van der Waals surface area contributed by atoms with Gasteiger partial charge in [-0.15, -0.1) is 0 Å². The van der Waals surface area contributed by atoms with Crippen LogP contribution in [0.15, 0.2) is 42.6 Å². The lowest BCUT2D eigenvalue weighted by Crippen LogP contribution is -2.46. The van der Waals surface area contributed by atoms with Gasteiger partial charge < -0.3 is 19.9 Å². The number of alkyl halides is 9. The molecule has 0 saturated carbocycles. The molecule has 10 nitrogen and oxygen atoms in total. The summed E-state index contributed by atoms with van der Waals surface area (Å²) < 4.78 is 135. The Hall–Kier alpha value is -5.28. The van der Waals surface area contributed by atoms with Gasteiger partial charge in [0.25, 0.3) is 0 Å². The first-order valence-electron chi connectivity index (χ1n) is 17.1. The number of fused-ring (bicyclic) bond motifs is 1. The molecular formula is C36H36F9N5O5. The Bertz CT molecular complexity index is 1830. The van der Waals surface area contributed by atoms with E-state index >= 15 is 0 Å². The van der Waals surface area contributed by atoms with Crippen LogP contribution in [0.25, 0.3) is 0 Å². The summed E-state index contributed by atoms with van der Waals surface area (Å²) in [6.45, 7) is 1.59. The number of benzene rings is 2. The van der Waals surface area contributed by atoms with E-state index in [0.29, 0.717) is 37.8 Å². The predicted molar refractivity (Wildman–Crippen MR) is 178 cm³/mol. The summed E-state index contributed by atoms with van der Waals surface area (Å²) in [6, 6.07) is 4.13. The quantitative estimate of drug-likeness (QED) is 0.114. The van der Waals surface area contributed by atoms with Crippen LogP contribution >= 0.6 is 0 Å². The fraction of sp³-hybridized carbons (Fsp3) is 0.472. The van der Waals surface area contributed by atoms with E-state index in [1.807, 2.05) is 6.07 Å². The summed E-state index contributed by atoms with van der Waals surface area (Å²) in [5, 5.41) is 20.6. The van der Waals surface area contributed by atoms with Crippen LogP contribution in [0.1, 0.15) is 97.8 Å². The van der Waals surface area contributed by atoms with Crippen LogP contribution in [-0.4, -0.2) is 46.4 Å². The van der Waals surface area contributed by atoms with Crippen LogP contribution in [0.4, 0.5) is 55.9 Å². The van der Waals surface area contributed by atoms with Crippen molar-refractivity contribution < 1.29 is 63.7 Å². The summed E-state index contributed by atoms with van der Waals surface area (Å²) in [4.78, 5) is 33.8. The molecule has 0 saturated heterocycles. The van der Waals surface area contributed by atoms with Crippen molar-refractivity contribution in [3.8, 4) is 11.8 Å². The Morgan fingerprint density at radius 2 is 1.60 bits per heavy atom. The standard InChI is InChI=1S/C36H36F9N5O5/c1-2-25-19-27(26-18-22(34(37,38)39)9-10-29(26)50(25)33(53)55-13-6-3-4-8-31(51)52)48-32-47-20-30(54-12-7-5-11-46)28(49-32)16-21-14-23(35(40,41)42)17-24(15-21)36(43,44)45/h9-10,14-15,17-18,20,25,27H,2-8,12-13,16,19H2,1H3,(H,51,52)(H,47,48,49)/t25-,27+/m1/s1. The van der Waals surface area contributed by atoms with Gasteiger partial charge in [-0.25, -0.2) is 14.8 Å². The lowest BCUT2D eigenvalue weighted by Gasteiger charge is -2.40. The highest BCUT2D eigenvalue weighted by molar-refractivity contribution is 5.90. The van der Waals surface area contributed by atoms with E-state index in [1.165, 1.54) is 4.90 Å². The number of anilines is 2. The molecule has 298 valence electrons. The molecule has 0 unspecified atom stereocenters. The van der Waals surface area contributed by atoms with E-state index in [9.17, 15) is 49.1 Å². The molecule has 0 bridgehead atoms. The topological polar surface area (TPSA) is 138 Å². The number of carbonyl (C=O) groups is 2. The predicted octanol–water partition coefficient (Wildman–Crippen LogP) is 9.73. The number of aromatic nitrogens is 2. The number of halogens is 9. The van der Waals surface area contributed by atoms with Gasteiger partial charge in [-0.1, -0.05) is 6.92 Å². The van der Waals surface area contributed by atoms with Gasteiger partial charge in [0.1, 0.15) is 0 Å². The van der Waals surface area contributed by atoms with Crippen molar-refractivity contribution in [1.29, 1.82) is 5.26 Å². The number of unbranched alkanes of at least 4 members (excludes halogenated alkanes) is 3. The highest BCUT2D eigenvalue weighted by Crippen LogP contribution is 2.43. The number of carbonyl (C=O) groups excluding carboxylic acids is 1. The maximum Gasteiger partial charge on any atom is 0.416 e. The van der Waals surface area contributed by atoms with E-state index in [1.54, 1.807) is 6.92 Å². The summed E-state index contributed by atoms with van der Waals surface area (Å²) in [7, 11) is 0. The third-order valence-corrected chi connectivity index (χ3v) is 8.63. The van der Waals surface area contributed by atoms with E-state index in [-0.39, 0.29) is 73.6 Å². The summed E-state index contributed by atoms with van der Waals surface area (Å²) in [5.41, 5.74) is -4.61. The highest BCUT2D eigenvalue weighted by atomic mass is 19.4. The van der Waals surface area contributed by atoms with Crippen molar-refractivity contribution in [2.75, 3.05) is 23.4 Å². The molecule has 1 aromatic heterocycles. The number of carboxylic acid groups (broad SMARTS) is 1. The van der Waals surface area contributed by atoms with Crippen molar-refractivity contribution in [2.24, 2.45) is 0 Å². The zero-order valence-electron chi connectivity index (χ0n) is 29.2. The van der Waals surface area contributed by atoms with Crippen LogP contribution < -0.4 is 15.0 Å². The number of nitrogens with zero attached hydrogens (tertiary/aromatic N) is 4. The Labute approximate surface area is 309 Å². The van der Waals surface area contributed by atoms with Gasteiger partial charge in [-0.05, 0) is 86.1 Å². The minimum absolute atomic E-state index is 0.00615. The van der Waals surface area contributed by atoms with Crippen molar-refractivity contribution in [3.63, 3.8) is 0 Å². The lowest BCUT2D eigenvalue weighted by atomic mass is 9.89. The van der Waals surface area contributed by atoms with Crippen LogP contribution in [0.2, 0.25) is 0 Å². The Balaban J connectivity index is 1.70. The van der Waals surface area contributed by atoms with Crippen LogP contribution in [-0.2, 0) is 34.5 Å². The summed E-state index contributed by atoms with van der Waals surface area (Å²) in [6.07, 6.45) is -13.6. The van der Waals surface area contributed by atoms with Gasteiger partial charge >= 0.3 is 30.6 Å². The smallest absolute Gasteiger partial charge is 0.416 e. The number of aliphatic carboxylic acids is 1. The number of rotatable bonds is 15.